The van der Waals surface area contributed by atoms with Crippen LogP contribution in [0.2, 0.25) is 5.02 Å². The minimum Gasteiger partial charge on any atom is -0.497 e. The number of benzene rings is 3. The zero-order valence-electron chi connectivity index (χ0n) is 24.8. The van der Waals surface area contributed by atoms with E-state index < -0.39 is 21.6 Å². The van der Waals surface area contributed by atoms with E-state index >= 15 is 0 Å². The average Bonchev–Trinajstić information content (AvgIpc) is 2.92. The van der Waals surface area contributed by atoms with Gasteiger partial charge in [0.2, 0.25) is 21.8 Å². The fraction of sp³-hybridized carbons (Fsp3) is 0.375. The minimum absolute atomic E-state index is 0.0394. The molecule has 0 aliphatic heterocycles. The quantitative estimate of drug-likeness (QED) is 0.277. The minimum atomic E-state index is -3.61. The summed E-state index contributed by atoms with van der Waals surface area (Å²) in [5.74, 6) is 0.124. The van der Waals surface area contributed by atoms with Gasteiger partial charge in [0.15, 0.2) is 0 Å². The molecule has 0 fully saturated rings. The molecule has 3 rings (SSSR count). The van der Waals surface area contributed by atoms with Crippen LogP contribution in [0.4, 0.5) is 5.69 Å². The van der Waals surface area contributed by atoms with Gasteiger partial charge in [-0.15, -0.1) is 0 Å². The number of hydrogen-bond acceptors (Lipinski definition) is 5. The number of anilines is 1. The Morgan fingerprint density at radius 2 is 1.60 bits per heavy atom. The molecular formula is C32H40ClN3O5S. The van der Waals surface area contributed by atoms with E-state index in [1.54, 1.807) is 36.3 Å². The van der Waals surface area contributed by atoms with Crippen molar-refractivity contribution >= 4 is 39.1 Å². The molecule has 0 spiro atoms. The summed E-state index contributed by atoms with van der Waals surface area (Å²) in [6, 6.07) is 22.7. The van der Waals surface area contributed by atoms with Crippen molar-refractivity contribution in [2.45, 2.75) is 58.2 Å². The molecule has 0 aliphatic carbocycles. The van der Waals surface area contributed by atoms with Crippen LogP contribution in [0.3, 0.4) is 0 Å². The zero-order valence-corrected chi connectivity index (χ0v) is 26.4. The third-order valence-electron chi connectivity index (χ3n) is 6.52. The van der Waals surface area contributed by atoms with E-state index in [4.69, 9.17) is 16.3 Å². The highest BCUT2D eigenvalue weighted by atomic mass is 35.5. The normalized spacial score (nSPS) is 12.3. The van der Waals surface area contributed by atoms with Crippen LogP contribution >= 0.6 is 11.6 Å². The first-order valence-corrected chi connectivity index (χ1v) is 16.0. The molecule has 0 aromatic heterocycles. The van der Waals surface area contributed by atoms with E-state index in [2.05, 4.69) is 5.32 Å². The smallest absolute Gasteiger partial charge is 0.243 e. The van der Waals surface area contributed by atoms with E-state index in [0.717, 1.165) is 17.4 Å². The molecule has 0 saturated carbocycles. The Morgan fingerprint density at radius 3 is 2.19 bits per heavy atom. The van der Waals surface area contributed by atoms with E-state index in [1.807, 2.05) is 75.4 Å². The van der Waals surface area contributed by atoms with Crippen molar-refractivity contribution in [2.24, 2.45) is 0 Å². The summed E-state index contributed by atoms with van der Waals surface area (Å²) >= 11 is 5.99. The molecule has 10 heteroatoms. The molecule has 0 radical (unpaired) electrons. The zero-order chi connectivity index (χ0) is 30.9. The summed E-state index contributed by atoms with van der Waals surface area (Å²) < 4.78 is 31.8. The SMILES string of the molecule is COc1cccc(CN(C(=O)CCCN(c2ccc(Cl)cc2)S(C)(=O)=O)[C@H](Cc2ccccc2)C(=O)NC(C)(C)C)c1. The van der Waals surface area contributed by atoms with Crippen LogP contribution in [-0.4, -0.2) is 56.6 Å². The molecule has 226 valence electrons. The van der Waals surface area contributed by atoms with Crippen LogP contribution in [0.15, 0.2) is 78.9 Å². The second-order valence-corrected chi connectivity index (χ2v) is 13.6. The van der Waals surface area contributed by atoms with Crippen LogP contribution in [0.5, 0.6) is 5.75 Å². The van der Waals surface area contributed by atoms with Crippen molar-refractivity contribution in [3.05, 3.63) is 95.0 Å². The second kappa shape index (κ2) is 14.6. The highest BCUT2D eigenvalue weighted by Gasteiger charge is 2.32. The third-order valence-corrected chi connectivity index (χ3v) is 7.97. The van der Waals surface area contributed by atoms with Crippen LogP contribution in [0, 0.1) is 0 Å². The van der Waals surface area contributed by atoms with Gasteiger partial charge in [-0.1, -0.05) is 54.1 Å². The first-order chi connectivity index (χ1) is 19.8. The van der Waals surface area contributed by atoms with Crippen LogP contribution < -0.4 is 14.4 Å². The molecule has 2 amide bonds. The lowest BCUT2D eigenvalue weighted by Gasteiger charge is -2.34. The predicted octanol–water partition coefficient (Wildman–Crippen LogP) is 5.45. The monoisotopic (exact) mass is 613 g/mol. The number of carbonyl (C=O) groups is 2. The highest BCUT2D eigenvalue weighted by Crippen LogP contribution is 2.23. The number of methoxy groups -OCH3 is 1. The molecule has 8 nitrogen and oxygen atoms in total. The Bertz CT molecular complexity index is 1440. The van der Waals surface area contributed by atoms with Gasteiger partial charge in [-0.05, 0) is 74.7 Å². The van der Waals surface area contributed by atoms with Gasteiger partial charge in [0.25, 0.3) is 0 Å². The maximum atomic E-state index is 13.9. The molecule has 0 aliphatic rings. The van der Waals surface area contributed by atoms with E-state index in [-0.39, 0.29) is 37.7 Å². The maximum Gasteiger partial charge on any atom is 0.243 e. The fourth-order valence-corrected chi connectivity index (χ4v) is 5.68. The summed E-state index contributed by atoms with van der Waals surface area (Å²) in [6.07, 6.45) is 1.74. The van der Waals surface area contributed by atoms with Crippen molar-refractivity contribution in [3.8, 4) is 5.75 Å². The molecule has 1 atom stereocenters. The number of rotatable bonds is 13. The molecule has 42 heavy (non-hydrogen) atoms. The second-order valence-electron chi connectivity index (χ2n) is 11.2. The molecule has 1 N–H and O–H groups in total. The number of carbonyl (C=O) groups excluding carboxylic acids is 2. The van der Waals surface area contributed by atoms with Gasteiger partial charge < -0.3 is 15.0 Å². The van der Waals surface area contributed by atoms with Gasteiger partial charge in [0.1, 0.15) is 11.8 Å². The Balaban J connectivity index is 1.91. The summed E-state index contributed by atoms with van der Waals surface area (Å²) in [5, 5.41) is 3.54. The number of halogens is 1. The van der Waals surface area contributed by atoms with Crippen LogP contribution in [-0.2, 0) is 32.6 Å². The van der Waals surface area contributed by atoms with E-state index in [9.17, 15) is 18.0 Å². The van der Waals surface area contributed by atoms with Crippen LogP contribution in [0.1, 0.15) is 44.7 Å². The van der Waals surface area contributed by atoms with Gasteiger partial charge >= 0.3 is 0 Å². The Hall–Kier alpha value is -3.56. The summed E-state index contributed by atoms with van der Waals surface area (Å²) in [4.78, 5) is 29.3. The highest BCUT2D eigenvalue weighted by molar-refractivity contribution is 7.92. The number of nitrogens with zero attached hydrogens (tertiary/aromatic N) is 2. The van der Waals surface area contributed by atoms with Gasteiger partial charge in [0, 0.05) is 36.5 Å². The van der Waals surface area contributed by atoms with Crippen LogP contribution in [0.25, 0.3) is 0 Å². The lowest BCUT2D eigenvalue weighted by molar-refractivity contribution is -0.142. The number of sulfonamides is 1. The number of hydrogen-bond donors (Lipinski definition) is 1. The molecule has 0 bridgehead atoms. The van der Waals surface area contributed by atoms with Gasteiger partial charge in [-0.25, -0.2) is 8.42 Å². The number of amides is 2. The largest absolute Gasteiger partial charge is 0.497 e. The molecule has 0 saturated heterocycles. The first-order valence-electron chi connectivity index (χ1n) is 13.8. The lowest BCUT2D eigenvalue weighted by atomic mass is 10.00. The summed E-state index contributed by atoms with van der Waals surface area (Å²) in [6.45, 7) is 5.97. The number of ether oxygens (including phenoxy) is 1. The number of nitrogens with one attached hydrogen (secondary N) is 1. The maximum absolute atomic E-state index is 13.9. The standard InChI is InChI=1S/C32H40ClN3O5S/c1-32(2,3)34-31(38)29(22-24-11-7-6-8-12-24)35(23-25-13-9-14-28(21-25)41-4)30(37)15-10-20-36(42(5,39)40)27-18-16-26(33)17-19-27/h6-9,11-14,16-19,21,29H,10,15,20,22-23H2,1-5H3,(H,34,38)/t29-/m1/s1. The Kier molecular flexibility index (Phi) is 11.4. The molecule has 0 unspecified atom stereocenters. The van der Waals surface area contributed by atoms with Gasteiger partial charge in [-0.3, -0.25) is 13.9 Å². The van der Waals surface area contributed by atoms with Crippen molar-refractivity contribution in [1.82, 2.24) is 10.2 Å². The molecular weight excluding hydrogens is 574 g/mol. The Labute approximate surface area is 254 Å². The predicted molar refractivity (Wildman–Crippen MR) is 168 cm³/mol. The average molecular weight is 614 g/mol. The summed E-state index contributed by atoms with van der Waals surface area (Å²) in [7, 11) is -2.03. The van der Waals surface area contributed by atoms with Gasteiger partial charge in [0.05, 0.1) is 19.1 Å². The topological polar surface area (TPSA) is 96.0 Å². The molecule has 0 heterocycles. The molecule has 3 aromatic rings. The summed E-state index contributed by atoms with van der Waals surface area (Å²) in [5.41, 5.74) is 1.68. The van der Waals surface area contributed by atoms with Crippen molar-refractivity contribution < 1.29 is 22.7 Å². The first kappa shape index (κ1) is 32.9. The van der Waals surface area contributed by atoms with Crippen molar-refractivity contribution in [3.63, 3.8) is 0 Å². The third kappa shape index (κ3) is 10.1. The van der Waals surface area contributed by atoms with E-state index in [0.29, 0.717) is 22.9 Å². The van der Waals surface area contributed by atoms with Crippen molar-refractivity contribution in [1.29, 1.82) is 0 Å². The van der Waals surface area contributed by atoms with Crippen molar-refractivity contribution in [2.75, 3.05) is 24.2 Å². The Morgan fingerprint density at radius 1 is 0.952 bits per heavy atom. The molecule has 3 aromatic carbocycles. The fourth-order valence-electron chi connectivity index (χ4n) is 4.59. The van der Waals surface area contributed by atoms with Gasteiger partial charge in [-0.2, -0.15) is 0 Å². The van der Waals surface area contributed by atoms with E-state index in [1.165, 1.54) is 4.31 Å². The lowest BCUT2D eigenvalue weighted by Crippen LogP contribution is -2.54.